The summed E-state index contributed by atoms with van der Waals surface area (Å²) in [5.41, 5.74) is 0.756. The summed E-state index contributed by atoms with van der Waals surface area (Å²) >= 11 is -0.128. The predicted octanol–water partition coefficient (Wildman–Crippen LogP) is 1.13. The molecule has 1 aromatic rings. The quantitative estimate of drug-likeness (QED) is 0.559. The van der Waals surface area contributed by atoms with Crippen molar-refractivity contribution in [3.05, 3.63) is 42.0 Å². The Bertz CT molecular complexity index is 556. The first-order valence-electron chi connectivity index (χ1n) is 7.33. The maximum absolute atomic E-state index is 12.2. The van der Waals surface area contributed by atoms with Gasteiger partial charge in [-0.25, -0.2) is 0 Å². The Kier molecular flexibility index (Phi) is 6.37. The minimum absolute atomic E-state index is 0.128. The molecular formula is C17H21NO3Se. The average Bonchev–Trinajstić information content (AvgIpc) is 2.55. The number of esters is 1. The van der Waals surface area contributed by atoms with Crippen molar-refractivity contribution >= 4 is 30.1 Å². The predicted molar refractivity (Wildman–Crippen MR) is 87.2 cm³/mol. The summed E-state index contributed by atoms with van der Waals surface area (Å²) in [6.07, 6.45) is 4.36. The van der Waals surface area contributed by atoms with Gasteiger partial charge in [0.25, 0.3) is 0 Å². The zero-order valence-corrected chi connectivity index (χ0v) is 14.7. The molecule has 5 heteroatoms. The van der Waals surface area contributed by atoms with Crippen molar-refractivity contribution in [2.24, 2.45) is 0 Å². The first kappa shape index (κ1) is 16.9. The van der Waals surface area contributed by atoms with E-state index in [9.17, 15) is 9.59 Å². The van der Waals surface area contributed by atoms with Gasteiger partial charge in [-0.05, 0) is 0 Å². The summed E-state index contributed by atoms with van der Waals surface area (Å²) in [6.45, 7) is 0.473. The van der Waals surface area contributed by atoms with Crippen molar-refractivity contribution in [2.45, 2.75) is 25.3 Å². The van der Waals surface area contributed by atoms with E-state index in [-0.39, 0.29) is 25.6 Å². The van der Waals surface area contributed by atoms with Crippen molar-refractivity contribution in [3.8, 4) is 0 Å². The van der Waals surface area contributed by atoms with Crippen LogP contribution >= 0.6 is 0 Å². The first-order valence-corrected chi connectivity index (χ1v) is 9.04. The standard InChI is InChI=1S/C17H21NO3Se/c1-18(12-16(19)22-15-6-4-3-5-7-15)14-10-8-13(9-11-14)17(20)21-2/h3-8,14H,9-12H2,1-2H3. The number of hydrogen-bond acceptors (Lipinski definition) is 4. The van der Waals surface area contributed by atoms with Crippen molar-refractivity contribution in [1.82, 2.24) is 4.90 Å². The zero-order chi connectivity index (χ0) is 15.9. The molecule has 1 aromatic carbocycles. The van der Waals surface area contributed by atoms with Crippen molar-refractivity contribution < 1.29 is 14.3 Å². The Morgan fingerprint density at radius 3 is 2.64 bits per heavy atom. The molecule has 0 amide bonds. The molecule has 0 saturated carbocycles. The molecule has 4 nitrogen and oxygen atoms in total. The van der Waals surface area contributed by atoms with E-state index in [1.54, 1.807) is 0 Å². The second-order valence-electron chi connectivity index (χ2n) is 5.35. The summed E-state index contributed by atoms with van der Waals surface area (Å²) in [7, 11) is 3.40. The molecule has 2 rings (SSSR count). The van der Waals surface area contributed by atoms with E-state index in [1.165, 1.54) is 7.11 Å². The maximum atomic E-state index is 12.2. The second-order valence-corrected chi connectivity index (χ2v) is 7.72. The molecule has 0 aliphatic heterocycles. The van der Waals surface area contributed by atoms with Crippen molar-refractivity contribution in [3.63, 3.8) is 0 Å². The number of benzene rings is 1. The molecule has 0 heterocycles. The van der Waals surface area contributed by atoms with Gasteiger partial charge in [0.05, 0.1) is 0 Å². The van der Waals surface area contributed by atoms with E-state index in [2.05, 4.69) is 4.90 Å². The van der Waals surface area contributed by atoms with Crippen LogP contribution in [0.3, 0.4) is 0 Å². The van der Waals surface area contributed by atoms with Crippen LogP contribution in [0.25, 0.3) is 0 Å². The number of carbonyl (C=O) groups is 2. The van der Waals surface area contributed by atoms with E-state index < -0.39 is 0 Å². The number of nitrogens with zero attached hydrogens (tertiary/aromatic N) is 1. The summed E-state index contributed by atoms with van der Waals surface area (Å²) in [4.78, 5) is 25.8. The third-order valence-electron chi connectivity index (χ3n) is 3.81. The Hall–Kier alpha value is -1.42. The van der Waals surface area contributed by atoms with E-state index in [0.717, 1.165) is 29.3 Å². The van der Waals surface area contributed by atoms with Crippen LogP contribution < -0.4 is 4.46 Å². The number of rotatable bonds is 6. The van der Waals surface area contributed by atoms with Crippen LogP contribution in [0.1, 0.15) is 19.3 Å². The molecule has 1 aliphatic rings. The van der Waals surface area contributed by atoms with Gasteiger partial charge in [0, 0.05) is 0 Å². The molecular weight excluding hydrogens is 345 g/mol. The monoisotopic (exact) mass is 367 g/mol. The second kappa shape index (κ2) is 8.27. The Morgan fingerprint density at radius 1 is 1.32 bits per heavy atom. The molecule has 1 atom stereocenters. The fraction of sp³-hybridized carbons (Fsp3) is 0.412. The van der Waals surface area contributed by atoms with Gasteiger partial charge in [-0.15, -0.1) is 0 Å². The number of ether oxygens (including phenoxy) is 1. The van der Waals surface area contributed by atoms with Crippen LogP contribution in [0.15, 0.2) is 42.0 Å². The van der Waals surface area contributed by atoms with E-state index in [1.807, 2.05) is 43.5 Å². The molecule has 0 N–H and O–H groups in total. The minimum atomic E-state index is -0.232. The third-order valence-corrected chi connectivity index (χ3v) is 5.62. The SMILES string of the molecule is COC(=O)C1=CCC(N(C)CC(=O)[Se]c2ccccc2)CC1. The molecule has 0 aromatic heterocycles. The van der Waals surface area contributed by atoms with Crippen LogP contribution in [-0.4, -0.2) is 57.3 Å². The van der Waals surface area contributed by atoms with Crippen molar-refractivity contribution in [1.29, 1.82) is 0 Å². The topological polar surface area (TPSA) is 46.6 Å². The van der Waals surface area contributed by atoms with Gasteiger partial charge in [0.1, 0.15) is 0 Å². The molecule has 0 radical (unpaired) electrons. The van der Waals surface area contributed by atoms with Gasteiger partial charge in [-0.2, -0.15) is 0 Å². The molecule has 0 spiro atoms. The summed E-state index contributed by atoms with van der Waals surface area (Å²) < 4.78 is 6.14. The number of hydrogen-bond donors (Lipinski definition) is 0. The fourth-order valence-corrected chi connectivity index (χ4v) is 4.25. The van der Waals surface area contributed by atoms with Gasteiger partial charge in [0.2, 0.25) is 0 Å². The van der Waals surface area contributed by atoms with E-state index >= 15 is 0 Å². The van der Waals surface area contributed by atoms with Crippen LogP contribution in [0.5, 0.6) is 0 Å². The van der Waals surface area contributed by atoms with Crippen LogP contribution in [-0.2, 0) is 14.3 Å². The fourth-order valence-electron chi connectivity index (χ4n) is 2.52. The van der Waals surface area contributed by atoms with E-state index in [4.69, 9.17) is 4.74 Å². The molecule has 0 fully saturated rings. The number of methoxy groups -OCH3 is 1. The Balaban J connectivity index is 1.83. The molecule has 0 saturated heterocycles. The average molecular weight is 366 g/mol. The number of likely N-dealkylation sites (N-methyl/N-ethyl adjacent to an activating group) is 1. The van der Waals surface area contributed by atoms with Crippen molar-refractivity contribution in [2.75, 3.05) is 20.7 Å². The molecule has 22 heavy (non-hydrogen) atoms. The molecule has 1 aliphatic carbocycles. The van der Waals surface area contributed by atoms with Gasteiger partial charge in [-0.1, -0.05) is 0 Å². The summed E-state index contributed by atoms with van der Waals surface area (Å²) in [5, 5.41) is 0. The Labute approximate surface area is 137 Å². The first-order chi connectivity index (χ1) is 10.6. The normalized spacial score (nSPS) is 18.0. The number of carbonyl (C=O) groups excluding carboxylic acids is 2. The molecule has 0 bridgehead atoms. The molecule has 1 unspecified atom stereocenters. The zero-order valence-electron chi connectivity index (χ0n) is 13.0. The van der Waals surface area contributed by atoms with Gasteiger partial charge >= 0.3 is 137 Å². The third kappa shape index (κ3) is 4.80. The van der Waals surface area contributed by atoms with Gasteiger partial charge in [-0.3, -0.25) is 0 Å². The van der Waals surface area contributed by atoms with Gasteiger partial charge < -0.3 is 0 Å². The van der Waals surface area contributed by atoms with Gasteiger partial charge in [0.15, 0.2) is 0 Å². The molecule has 118 valence electrons. The Morgan fingerprint density at radius 2 is 2.05 bits per heavy atom. The summed E-state index contributed by atoms with van der Waals surface area (Å²) in [6, 6.07) is 10.2. The van der Waals surface area contributed by atoms with Crippen LogP contribution in [0.4, 0.5) is 0 Å². The van der Waals surface area contributed by atoms with E-state index in [0.29, 0.717) is 12.6 Å². The van der Waals surface area contributed by atoms with Crippen LogP contribution in [0.2, 0.25) is 0 Å². The van der Waals surface area contributed by atoms with Crippen LogP contribution in [0, 0.1) is 0 Å². The summed E-state index contributed by atoms with van der Waals surface area (Å²) in [5.74, 6) is -0.232.